The van der Waals surface area contributed by atoms with Crippen LogP contribution < -0.4 is 40.6 Å². The molecule has 0 atom stereocenters. The maximum Gasteiger partial charge on any atom is 1.00 e. The molecule has 4 N–H and O–H groups in total. The number of amides is 2. The Labute approximate surface area is 109 Å². The zero-order valence-corrected chi connectivity index (χ0v) is 10.8. The van der Waals surface area contributed by atoms with Gasteiger partial charge in [0, 0.05) is 5.69 Å². The van der Waals surface area contributed by atoms with Crippen LogP contribution in [0.4, 0.5) is 10.5 Å². The van der Waals surface area contributed by atoms with Crippen molar-refractivity contribution in [2.24, 2.45) is 5.73 Å². The monoisotopic (exact) mass is 239 g/mol. The van der Waals surface area contributed by atoms with Gasteiger partial charge in [-0.2, -0.15) is 8.42 Å². The standard InChI is InChI=1S/C7H8N2O4S.Na/c8-7(10)9-5-1-3-6(4-2-5)14(11,12)13;/h1-4H,(H3,8,9,10)(H,11,12,13);/q;+1. The third kappa shape index (κ3) is 4.63. The van der Waals surface area contributed by atoms with Crippen LogP contribution in [0, 0.1) is 0 Å². The second-order valence-corrected chi connectivity index (χ2v) is 3.91. The summed E-state index contributed by atoms with van der Waals surface area (Å²) in [7, 11) is -4.19. The van der Waals surface area contributed by atoms with Crippen molar-refractivity contribution in [1.82, 2.24) is 0 Å². The SMILES string of the molecule is NC(=O)Nc1ccc(S(=O)(=O)O)cc1.[Na+]. The summed E-state index contributed by atoms with van der Waals surface area (Å²) in [5.41, 5.74) is 5.18. The van der Waals surface area contributed by atoms with E-state index in [9.17, 15) is 13.2 Å². The molecule has 0 saturated carbocycles. The minimum Gasteiger partial charge on any atom is -0.351 e. The molecule has 2 amide bonds. The van der Waals surface area contributed by atoms with Crippen LogP contribution in [-0.2, 0) is 10.1 Å². The van der Waals surface area contributed by atoms with E-state index in [-0.39, 0.29) is 34.5 Å². The summed E-state index contributed by atoms with van der Waals surface area (Å²) in [5.74, 6) is 0. The minimum absolute atomic E-state index is 0. The average Bonchev–Trinajstić information content (AvgIpc) is 2.02. The Balaban J connectivity index is 0.00000196. The third-order valence-corrected chi connectivity index (χ3v) is 2.29. The number of nitrogens with two attached hydrogens (primary N) is 1. The number of carbonyl (C=O) groups excluding carboxylic acids is 1. The molecule has 15 heavy (non-hydrogen) atoms. The van der Waals surface area contributed by atoms with Gasteiger partial charge in [-0.3, -0.25) is 4.55 Å². The van der Waals surface area contributed by atoms with Crippen LogP contribution in [0.3, 0.4) is 0 Å². The van der Waals surface area contributed by atoms with Crippen molar-refractivity contribution in [3.05, 3.63) is 24.3 Å². The molecule has 6 nitrogen and oxygen atoms in total. The van der Waals surface area contributed by atoms with Crippen LogP contribution in [0.15, 0.2) is 29.2 Å². The molecule has 0 unspecified atom stereocenters. The van der Waals surface area contributed by atoms with Crippen LogP contribution in [-0.4, -0.2) is 19.0 Å². The van der Waals surface area contributed by atoms with Gasteiger partial charge < -0.3 is 11.1 Å². The Morgan fingerprint density at radius 3 is 2.07 bits per heavy atom. The largest absolute Gasteiger partial charge is 1.00 e. The number of anilines is 1. The van der Waals surface area contributed by atoms with Gasteiger partial charge >= 0.3 is 35.6 Å². The van der Waals surface area contributed by atoms with Gasteiger partial charge in [0.15, 0.2) is 0 Å². The molecular formula is C7H8N2NaO4S+. The predicted molar refractivity (Wildman–Crippen MR) is 49.5 cm³/mol. The van der Waals surface area contributed by atoms with Gasteiger partial charge in [-0.15, -0.1) is 0 Å². The Kier molecular flexibility index (Phi) is 5.26. The van der Waals surface area contributed by atoms with E-state index >= 15 is 0 Å². The quantitative estimate of drug-likeness (QED) is 0.389. The van der Waals surface area contributed by atoms with Crippen LogP contribution in [0.2, 0.25) is 0 Å². The molecule has 76 valence electrons. The molecule has 1 aromatic rings. The fourth-order valence-electron chi connectivity index (χ4n) is 0.852. The van der Waals surface area contributed by atoms with Gasteiger partial charge in [0.1, 0.15) is 0 Å². The van der Waals surface area contributed by atoms with E-state index in [0.29, 0.717) is 5.69 Å². The fourth-order valence-corrected chi connectivity index (χ4v) is 1.33. The van der Waals surface area contributed by atoms with Crippen molar-refractivity contribution in [3.63, 3.8) is 0 Å². The topological polar surface area (TPSA) is 109 Å². The fraction of sp³-hybridized carbons (Fsp3) is 0. The van der Waals surface area contributed by atoms with Gasteiger partial charge in [-0.05, 0) is 24.3 Å². The van der Waals surface area contributed by atoms with E-state index in [1.165, 1.54) is 12.1 Å². The first-order valence-corrected chi connectivity index (χ1v) is 4.97. The second-order valence-electron chi connectivity index (χ2n) is 2.49. The smallest absolute Gasteiger partial charge is 0.351 e. The number of hydrogen-bond acceptors (Lipinski definition) is 3. The Morgan fingerprint density at radius 1 is 1.27 bits per heavy atom. The molecule has 0 spiro atoms. The maximum atomic E-state index is 10.6. The summed E-state index contributed by atoms with van der Waals surface area (Å²) in [6.45, 7) is 0. The number of benzene rings is 1. The number of hydrogen-bond donors (Lipinski definition) is 3. The van der Waals surface area contributed by atoms with Gasteiger partial charge in [0.05, 0.1) is 4.90 Å². The molecular weight excluding hydrogens is 231 g/mol. The summed E-state index contributed by atoms with van der Waals surface area (Å²) in [6, 6.07) is 4.19. The molecule has 0 aliphatic heterocycles. The van der Waals surface area contributed by atoms with E-state index in [0.717, 1.165) is 12.1 Å². The van der Waals surface area contributed by atoms with Crippen molar-refractivity contribution >= 4 is 21.8 Å². The molecule has 0 aromatic heterocycles. The van der Waals surface area contributed by atoms with Crippen LogP contribution in [0.25, 0.3) is 0 Å². The molecule has 0 bridgehead atoms. The first-order chi connectivity index (χ1) is 6.39. The normalized spacial score (nSPS) is 10.2. The van der Waals surface area contributed by atoms with Crippen molar-refractivity contribution in [3.8, 4) is 0 Å². The van der Waals surface area contributed by atoms with Gasteiger partial charge in [0.25, 0.3) is 10.1 Å². The Morgan fingerprint density at radius 2 is 1.73 bits per heavy atom. The molecule has 8 heteroatoms. The van der Waals surface area contributed by atoms with Crippen LogP contribution in [0.5, 0.6) is 0 Å². The first-order valence-electron chi connectivity index (χ1n) is 3.53. The molecule has 0 aliphatic carbocycles. The van der Waals surface area contributed by atoms with Gasteiger partial charge in [-0.1, -0.05) is 0 Å². The number of urea groups is 1. The van der Waals surface area contributed by atoms with Crippen molar-refractivity contribution in [2.75, 3.05) is 5.32 Å². The molecule has 0 aliphatic rings. The number of carbonyl (C=O) groups is 1. The van der Waals surface area contributed by atoms with E-state index in [1.807, 2.05) is 0 Å². The number of nitrogens with one attached hydrogen (secondary N) is 1. The Hall–Kier alpha value is -0.600. The molecule has 0 saturated heterocycles. The summed E-state index contributed by atoms with van der Waals surface area (Å²) in [4.78, 5) is 10.2. The summed E-state index contributed by atoms with van der Waals surface area (Å²) in [6.07, 6.45) is 0. The van der Waals surface area contributed by atoms with Crippen molar-refractivity contribution in [2.45, 2.75) is 4.90 Å². The zero-order valence-electron chi connectivity index (χ0n) is 7.97. The third-order valence-electron chi connectivity index (χ3n) is 1.42. The molecule has 0 heterocycles. The number of rotatable bonds is 2. The molecule has 0 radical (unpaired) electrons. The van der Waals surface area contributed by atoms with Crippen molar-refractivity contribution < 1.29 is 47.3 Å². The van der Waals surface area contributed by atoms with Crippen LogP contribution >= 0.6 is 0 Å². The van der Waals surface area contributed by atoms with Crippen molar-refractivity contribution in [1.29, 1.82) is 0 Å². The Bertz CT molecular complexity index is 443. The minimum atomic E-state index is -4.19. The second kappa shape index (κ2) is 5.47. The molecule has 1 aromatic carbocycles. The summed E-state index contributed by atoms with van der Waals surface area (Å²) < 4.78 is 29.8. The molecule has 1 rings (SSSR count). The van der Waals surface area contributed by atoms with Crippen LogP contribution in [0.1, 0.15) is 0 Å². The van der Waals surface area contributed by atoms with Gasteiger partial charge in [0.2, 0.25) is 0 Å². The van der Waals surface area contributed by atoms with Gasteiger partial charge in [-0.25, -0.2) is 4.79 Å². The van der Waals surface area contributed by atoms with E-state index in [2.05, 4.69) is 5.32 Å². The summed E-state index contributed by atoms with van der Waals surface area (Å²) >= 11 is 0. The maximum absolute atomic E-state index is 10.6. The zero-order chi connectivity index (χ0) is 10.8. The van der Waals surface area contributed by atoms with E-state index < -0.39 is 16.1 Å². The first kappa shape index (κ1) is 14.4. The molecule has 0 fully saturated rings. The average molecular weight is 239 g/mol. The number of primary amides is 1. The predicted octanol–water partition coefficient (Wildman–Crippen LogP) is -2.57. The van der Waals surface area contributed by atoms with E-state index in [4.69, 9.17) is 10.3 Å². The summed E-state index contributed by atoms with van der Waals surface area (Å²) in [5, 5.41) is 2.25. The van der Waals surface area contributed by atoms with E-state index in [1.54, 1.807) is 0 Å².